The second-order valence-electron chi connectivity index (χ2n) is 4.10. The molecule has 3 N–H and O–H groups in total. The summed E-state index contributed by atoms with van der Waals surface area (Å²) in [5.41, 5.74) is 0.180. The Kier molecular flexibility index (Phi) is 6.87. The van der Waals surface area contributed by atoms with Crippen molar-refractivity contribution in [1.29, 1.82) is 5.26 Å². The van der Waals surface area contributed by atoms with E-state index in [1.165, 1.54) is 35.4 Å². The number of halogens is 1. The molecule has 21 heavy (non-hydrogen) atoms. The highest BCUT2D eigenvalue weighted by Crippen LogP contribution is 2.10. The lowest BCUT2D eigenvalue weighted by Crippen LogP contribution is -2.26. The molecule has 1 aromatic carbocycles. The Morgan fingerprint density at radius 2 is 1.86 bits per heavy atom. The molecule has 0 unspecified atom stereocenters. The number of hydrogen-bond donors (Lipinski definition) is 3. The molecule has 0 saturated heterocycles. The standard InChI is InChI=1S/C14H16FN3O3/c15-12-1-3-13(4-2-12)17-14(21)11(9-16)10-18(5-7-19)6-8-20/h1-4,10,19-20H,5-8H2,(H,17,21)/b11-10-. The van der Waals surface area contributed by atoms with Gasteiger partial charge in [-0.1, -0.05) is 0 Å². The SMILES string of the molecule is N#C/C(=C/N(CCO)CCO)C(=O)Nc1ccc(F)cc1. The molecule has 0 heterocycles. The molecule has 0 atom stereocenters. The van der Waals surface area contributed by atoms with Crippen LogP contribution < -0.4 is 5.32 Å². The van der Waals surface area contributed by atoms with Crippen molar-refractivity contribution < 1.29 is 19.4 Å². The Balaban J connectivity index is 2.80. The zero-order chi connectivity index (χ0) is 15.7. The van der Waals surface area contributed by atoms with Crippen LogP contribution in [0.5, 0.6) is 0 Å². The predicted molar refractivity (Wildman–Crippen MR) is 74.5 cm³/mol. The Hall–Kier alpha value is -2.43. The van der Waals surface area contributed by atoms with Gasteiger partial charge in [0.05, 0.1) is 13.2 Å². The minimum absolute atomic E-state index is 0.172. The van der Waals surface area contributed by atoms with Gasteiger partial charge in [0, 0.05) is 25.0 Å². The maximum atomic E-state index is 12.8. The number of rotatable bonds is 7. The summed E-state index contributed by atoms with van der Waals surface area (Å²) in [4.78, 5) is 13.4. The molecule has 0 radical (unpaired) electrons. The smallest absolute Gasteiger partial charge is 0.267 e. The van der Waals surface area contributed by atoms with Gasteiger partial charge in [-0.2, -0.15) is 5.26 Å². The van der Waals surface area contributed by atoms with Crippen LogP contribution in [0.4, 0.5) is 10.1 Å². The summed E-state index contributed by atoms with van der Waals surface area (Å²) in [5.74, 6) is -1.08. The molecule has 7 heteroatoms. The first-order chi connectivity index (χ1) is 10.1. The normalized spacial score (nSPS) is 10.9. The van der Waals surface area contributed by atoms with E-state index in [9.17, 15) is 9.18 Å². The first-order valence-electron chi connectivity index (χ1n) is 6.25. The molecule has 1 rings (SSSR count). The van der Waals surface area contributed by atoms with Crippen LogP contribution in [-0.2, 0) is 4.79 Å². The van der Waals surface area contributed by atoms with Gasteiger partial charge in [-0.25, -0.2) is 4.39 Å². The fourth-order valence-electron chi connectivity index (χ4n) is 1.55. The summed E-state index contributed by atoms with van der Waals surface area (Å²) in [6.07, 6.45) is 1.27. The molecule has 0 saturated carbocycles. The number of carbonyl (C=O) groups excluding carboxylic acids is 1. The number of amides is 1. The summed E-state index contributed by atoms with van der Waals surface area (Å²) in [6, 6.07) is 6.88. The lowest BCUT2D eigenvalue weighted by Gasteiger charge is -2.18. The minimum atomic E-state index is -0.648. The van der Waals surface area contributed by atoms with E-state index >= 15 is 0 Å². The zero-order valence-corrected chi connectivity index (χ0v) is 11.3. The van der Waals surface area contributed by atoms with Crippen molar-refractivity contribution >= 4 is 11.6 Å². The summed E-state index contributed by atoms with van der Waals surface area (Å²) in [7, 11) is 0. The molecular weight excluding hydrogens is 277 g/mol. The van der Waals surface area contributed by atoms with Crippen molar-refractivity contribution in [1.82, 2.24) is 4.90 Å². The van der Waals surface area contributed by atoms with Gasteiger partial charge in [-0.15, -0.1) is 0 Å². The molecule has 1 amide bonds. The fourth-order valence-corrected chi connectivity index (χ4v) is 1.55. The third-order valence-electron chi connectivity index (χ3n) is 2.55. The van der Waals surface area contributed by atoms with E-state index in [0.717, 1.165) is 0 Å². The Morgan fingerprint density at radius 1 is 1.29 bits per heavy atom. The third-order valence-corrected chi connectivity index (χ3v) is 2.55. The highest BCUT2D eigenvalue weighted by molar-refractivity contribution is 6.06. The molecule has 0 aliphatic rings. The molecular formula is C14H16FN3O3. The van der Waals surface area contributed by atoms with Crippen molar-refractivity contribution in [2.45, 2.75) is 0 Å². The first kappa shape index (κ1) is 16.6. The van der Waals surface area contributed by atoms with Crippen LogP contribution in [0.3, 0.4) is 0 Å². The number of hydrogen-bond acceptors (Lipinski definition) is 5. The molecule has 112 valence electrons. The third kappa shape index (κ3) is 5.60. The van der Waals surface area contributed by atoms with E-state index < -0.39 is 11.7 Å². The van der Waals surface area contributed by atoms with Gasteiger partial charge in [0.25, 0.3) is 5.91 Å². The fraction of sp³-hybridized carbons (Fsp3) is 0.286. The maximum absolute atomic E-state index is 12.8. The monoisotopic (exact) mass is 293 g/mol. The van der Waals surface area contributed by atoms with Gasteiger partial charge in [-0.3, -0.25) is 4.79 Å². The van der Waals surface area contributed by atoms with E-state index in [1.54, 1.807) is 6.07 Å². The van der Waals surface area contributed by atoms with Gasteiger partial charge < -0.3 is 20.4 Å². The van der Waals surface area contributed by atoms with Crippen molar-refractivity contribution in [3.63, 3.8) is 0 Å². The summed E-state index contributed by atoms with van der Waals surface area (Å²) < 4.78 is 12.8. The number of nitriles is 1. The number of aliphatic hydroxyl groups is 2. The van der Waals surface area contributed by atoms with Crippen molar-refractivity contribution in [2.24, 2.45) is 0 Å². The van der Waals surface area contributed by atoms with Crippen LogP contribution in [0.1, 0.15) is 0 Å². The first-order valence-corrected chi connectivity index (χ1v) is 6.25. The summed E-state index contributed by atoms with van der Waals surface area (Å²) >= 11 is 0. The van der Waals surface area contributed by atoms with E-state index in [0.29, 0.717) is 5.69 Å². The molecule has 0 aliphatic heterocycles. The Bertz CT molecular complexity index is 531. The number of anilines is 1. The number of aliphatic hydroxyl groups excluding tert-OH is 2. The molecule has 6 nitrogen and oxygen atoms in total. The van der Waals surface area contributed by atoms with Crippen LogP contribution in [0.15, 0.2) is 36.0 Å². The van der Waals surface area contributed by atoms with Crippen molar-refractivity contribution in [3.8, 4) is 6.07 Å². The second-order valence-corrected chi connectivity index (χ2v) is 4.10. The summed E-state index contributed by atoms with van der Waals surface area (Å²) in [6.45, 7) is 0.0364. The number of benzene rings is 1. The van der Waals surface area contributed by atoms with Crippen LogP contribution >= 0.6 is 0 Å². The van der Waals surface area contributed by atoms with Gasteiger partial charge in [0.1, 0.15) is 17.5 Å². The van der Waals surface area contributed by atoms with Crippen LogP contribution in [0.2, 0.25) is 0 Å². The number of carbonyl (C=O) groups is 1. The predicted octanol–water partition coefficient (Wildman–Crippen LogP) is 0.458. The van der Waals surface area contributed by atoms with Gasteiger partial charge in [-0.05, 0) is 24.3 Å². The Morgan fingerprint density at radius 3 is 2.33 bits per heavy atom. The molecule has 0 fully saturated rings. The second kappa shape index (κ2) is 8.68. The van der Waals surface area contributed by atoms with Gasteiger partial charge in [0.2, 0.25) is 0 Å². The highest BCUT2D eigenvalue weighted by Gasteiger charge is 2.11. The minimum Gasteiger partial charge on any atom is -0.395 e. The van der Waals surface area contributed by atoms with Crippen molar-refractivity contribution in [3.05, 3.63) is 41.9 Å². The van der Waals surface area contributed by atoms with Crippen LogP contribution in [-0.4, -0.2) is 47.3 Å². The highest BCUT2D eigenvalue weighted by atomic mass is 19.1. The van der Waals surface area contributed by atoms with Gasteiger partial charge >= 0.3 is 0 Å². The quantitative estimate of drug-likeness (QED) is 0.501. The summed E-state index contributed by atoms with van der Waals surface area (Å²) in [5, 5.41) is 29.2. The molecule has 0 aromatic heterocycles. The topological polar surface area (TPSA) is 96.6 Å². The maximum Gasteiger partial charge on any atom is 0.267 e. The lowest BCUT2D eigenvalue weighted by molar-refractivity contribution is -0.112. The Labute approximate surface area is 121 Å². The van der Waals surface area contributed by atoms with E-state index in [1.807, 2.05) is 0 Å². The molecule has 0 bridgehead atoms. The van der Waals surface area contributed by atoms with Gasteiger partial charge in [0.15, 0.2) is 0 Å². The average molecular weight is 293 g/mol. The zero-order valence-electron chi connectivity index (χ0n) is 11.3. The number of nitrogens with one attached hydrogen (secondary N) is 1. The lowest BCUT2D eigenvalue weighted by atomic mass is 10.2. The average Bonchev–Trinajstić information content (AvgIpc) is 2.47. The van der Waals surface area contributed by atoms with E-state index in [4.69, 9.17) is 15.5 Å². The van der Waals surface area contributed by atoms with Crippen LogP contribution in [0.25, 0.3) is 0 Å². The number of nitrogens with zero attached hydrogens (tertiary/aromatic N) is 2. The van der Waals surface area contributed by atoms with Crippen molar-refractivity contribution in [2.75, 3.05) is 31.6 Å². The van der Waals surface area contributed by atoms with E-state index in [2.05, 4.69) is 5.32 Å². The molecule has 0 aliphatic carbocycles. The van der Waals surface area contributed by atoms with Crippen LogP contribution in [0, 0.1) is 17.1 Å². The molecule has 0 spiro atoms. The molecule has 1 aromatic rings. The van der Waals surface area contributed by atoms with E-state index in [-0.39, 0.29) is 31.9 Å². The largest absolute Gasteiger partial charge is 0.395 e.